The highest BCUT2D eigenvalue weighted by atomic mass is 16.4. The van der Waals surface area contributed by atoms with Crippen molar-refractivity contribution in [2.75, 3.05) is 25.5 Å². The van der Waals surface area contributed by atoms with E-state index in [2.05, 4.69) is 29.2 Å². The highest BCUT2D eigenvalue weighted by Crippen LogP contribution is 2.37. The van der Waals surface area contributed by atoms with Crippen molar-refractivity contribution in [1.82, 2.24) is 9.88 Å². The number of unbranched alkanes of at least 4 members (excludes halogenated alkanes) is 1. The molecule has 0 spiro atoms. The average molecular weight is 529 g/mol. The number of benzene rings is 1. The van der Waals surface area contributed by atoms with Crippen LogP contribution in [0.3, 0.4) is 0 Å². The molecule has 1 saturated heterocycles. The van der Waals surface area contributed by atoms with Crippen LogP contribution in [0.15, 0.2) is 24.3 Å². The fraction of sp³-hybridized carbons (Fsp3) is 0.633. The molecule has 1 saturated carbocycles. The molecule has 2 aliphatic rings. The van der Waals surface area contributed by atoms with E-state index in [1.54, 1.807) is 18.2 Å². The first-order valence-electron chi connectivity index (χ1n) is 14.3. The zero-order valence-corrected chi connectivity index (χ0v) is 23.5. The number of carboxylic acids is 1. The second-order valence-electron chi connectivity index (χ2n) is 10.7. The van der Waals surface area contributed by atoms with Gasteiger partial charge in [0.1, 0.15) is 12.0 Å². The number of fused-ring (bicyclic) bond motifs is 1. The third-order valence-electron chi connectivity index (χ3n) is 8.21. The van der Waals surface area contributed by atoms with Gasteiger partial charge in [-0.3, -0.25) is 4.79 Å². The van der Waals surface area contributed by atoms with Gasteiger partial charge in [-0.15, -0.1) is 0 Å². The Kier molecular flexibility index (Phi) is 14.1. The maximum atomic E-state index is 10.7. The molecule has 1 aromatic carbocycles. The molecule has 1 aliphatic heterocycles. The lowest BCUT2D eigenvalue weighted by Crippen LogP contribution is -2.30. The number of hydrogen-bond donors (Lipinski definition) is 4. The molecule has 2 heterocycles. The summed E-state index contributed by atoms with van der Waals surface area (Å²) in [5.41, 5.74) is 6.80. The zero-order chi connectivity index (χ0) is 27.9. The minimum absolute atomic E-state index is 0.133. The van der Waals surface area contributed by atoms with Gasteiger partial charge in [0, 0.05) is 28.6 Å². The Balaban J connectivity index is 0.000000205. The van der Waals surface area contributed by atoms with Gasteiger partial charge in [0.05, 0.1) is 0 Å². The highest BCUT2D eigenvalue weighted by molar-refractivity contribution is 5.95. The normalized spacial score (nSPS) is 20.5. The number of carbonyl (C=O) groups is 3. The minimum atomic E-state index is -1.00. The third-order valence-corrected chi connectivity index (χ3v) is 8.21. The lowest BCUT2D eigenvalue weighted by atomic mass is 9.77. The van der Waals surface area contributed by atoms with Crippen LogP contribution < -0.4 is 11.1 Å². The molecule has 5 N–H and O–H groups in total. The Morgan fingerprint density at radius 2 is 1.92 bits per heavy atom. The van der Waals surface area contributed by atoms with Gasteiger partial charge >= 0.3 is 5.97 Å². The minimum Gasteiger partial charge on any atom is -0.477 e. The van der Waals surface area contributed by atoms with Crippen LogP contribution in [0.2, 0.25) is 0 Å². The van der Waals surface area contributed by atoms with Crippen molar-refractivity contribution in [1.29, 1.82) is 0 Å². The fourth-order valence-electron chi connectivity index (χ4n) is 5.64. The van der Waals surface area contributed by atoms with Gasteiger partial charge in [-0.2, -0.15) is 0 Å². The molecular formula is C30H48N4O4. The summed E-state index contributed by atoms with van der Waals surface area (Å²) in [6.07, 6.45) is 14.7. The molecule has 38 heavy (non-hydrogen) atoms. The topological polar surface area (TPSA) is 129 Å². The number of amides is 1. The van der Waals surface area contributed by atoms with E-state index in [0.717, 1.165) is 67.3 Å². The molecule has 2 aromatic rings. The number of aldehydes is 1. The summed E-state index contributed by atoms with van der Waals surface area (Å²) in [6.45, 7) is 6.55. The lowest BCUT2D eigenvalue weighted by molar-refractivity contribution is -0.111. The van der Waals surface area contributed by atoms with Gasteiger partial charge in [-0.05, 0) is 88.8 Å². The Bertz CT molecular complexity index is 986. The maximum absolute atomic E-state index is 10.7. The maximum Gasteiger partial charge on any atom is 0.352 e. The van der Waals surface area contributed by atoms with Gasteiger partial charge in [0.25, 0.3) is 0 Å². The smallest absolute Gasteiger partial charge is 0.352 e. The third kappa shape index (κ3) is 9.87. The number of rotatable bonds is 10. The molecule has 212 valence electrons. The summed E-state index contributed by atoms with van der Waals surface area (Å²) in [7, 11) is 2.29. The molecule has 0 bridgehead atoms. The highest BCUT2D eigenvalue weighted by Gasteiger charge is 2.34. The van der Waals surface area contributed by atoms with E-state index in [-0.39, 0.29) is 11.6 Å². The molecular weight excluding hydrogens is 480 g/mol. The number of aromatic carboxylic acids is 1. The first-order valence-corrected chi connectivity index (χ1v) is 14.3. The van der Waals surface area contributed by atoms with E-state index < -0.39 is 5.97 Å². The van der Waals surface area contributed by atoms with Gasteiger partial charge in [-0.1, -0.05) is 45.4 Å². The predicted octanol–water partition coefficient (Wildman–Crippen LogP) is 5.68. The van der Waals surface area contributed by atoms with Crippen molar-refractivity contribution in [2.24, 2.45) is 23.5 Å². The van der Waals surface area contributed by atoms with E-state index in [9.17, 15) is 14.4 Å². The average Bonchev–Trinajstić information content (AvgIpc) is 3.51. The van der Waals surface area contributed by atoms with E-state index in [0.29, 0.717) is 12.1 Å². The summed E-state index contributed by atoms with van der Waals surface area (Å²) in [4.78, 5) is 36.5. The first-order chi connectivity index (χ1) is 18.3. The number of aromatic amines is 1. The quantitative estimate of drug-likeness (QED) is 0.232. The van der Waals surface area contributed by atoms with Gasteiger partial charge in [0.15, 0.2) is 0 Å². The van der Waals surface area contributed by atoms with Gasteiger partial charge in [-0.25, -0.2) is 4.79 Å². The number of carbonyl (C=O) groups excluding carboxylic acids is 2. The van der Waals surface area contributed by atoms with Crippen LogP contribution in [0.5, 0.6) is 0 Å². The van der Waals surface area contributed by atoms with Crippen LogP contribution in [0.4, 0.5) is 5.69 Å². The van der Waals surface area contributed by atoms with E-state index in [1.807, 2.05) is 6.92 Å². The van der Waals surface area contributed by atoms with E-state index in [4.69, 9.17) is 10.8 Å². The Morgan fingerprint density at radius 3 is 2.47 bits per heavy atom. The number of anilines is 1. The molecule has 2 fully saturated rings. The van der Waals surface area contributed by atoms with Gasteiger partial charge < -0.3 is 30.8 Å². The number of aromatic nitrogens is 1. The molecule has 0 radical (unpaired) electrons. The Morgan fingerprint density at radius 1 is 1.18 bits per heavy atom. The number of nitrogens with two attached hydrogens (primary N) is 1. The van der Waals surface area contributed by atoms with Crippen molar-refractivity contribution in [3.8, 4) is 0 Å². The fourth-order valence-corrected chi connectivity index (χ4v) is 5.64. The van der Waals surface area contributed by atoms with E-state index >= 15 is 0 Å². The predicted molar refractivity (Wildman–Crippen MR) is 154 cm³/mol. The zero-order valence-electron chi connectivity index (χ0n) is 23.5. The largest absolute Gasteiger partial charge is 0.477 e. The number of H-pyrrole nitrogens is 1. The molecule has 8 heteroatoms. The second kappa shape index (κ2) is 17.0. The van der Waals surface area contributed by atoms with Crippen LogP contribution in [-0.4, -0.2) is 59.8 Å². The van der Waals surface area contributed by atoms with E-state index in [1.165, 1.54) is 51.1 Å². The molecule has 8 nitrogen and oxygen atoms in total. The molecule has 3 unspecified atom stereocenters. The van der Waals surface area contributed by atoms with Crippen molar-refractivity contribution < 1.29 is 19.5 Å². The summed E-state index contributed by atoms with van der Waals surface area (Å²) in [6, 6.07) is 7.48. The second-order valence-corrected chi connectivity index (χ2v) is 10.7. The SMILES string of the molecule is CC1C(C2CCCCC2)CCN1C.CCC(C=O)CCCCN.O=CNc1ccc2[nH]c(C(=O)O)cc2c1. The number of nitrogens with zero attached hydrogens (tertiary/aromatic N) is 1. The van der Waals surface area contributed by atoms with Crippen LogP contribution in [0.25, 0.3) is 10.9 Å². The monoisotopic (exact) mass is 528 g/mol. The molecule has 1 amide bonds. The summed E-state index contributed by atoms with van der Waals surface area (Å²) in [5.74, 6) is 1.35. The van der Waals surface area contributed by atoms with Crippen molar-refractivity contribution in [3.05, 3.63) is 30.0 Å². The Labute approximate surface area is 227 Å². The number of nitrogens with one attached hydrogen (secondary N) is 2. The standard InChI is InChI=1S/C12H23N.C10H8N2O3.C8H17NO/c1-10-12(8-9-13(10)2)11-6-4-3-5-7-11;13-5-11-7-1-2-8-6(3-7)4-9(12-8)10(14)15;1-2-8(7-10)5-3-4-6-9/h10-12H,3-9H2,1-2H3;1-5,12H,(H,11,13)(H,14,15);7-8H,2-6,9H2,1H3. The van der Waals surface area contributed by atoms with Crippen LogP contribution in [-0.2, 0) is 9.59 Å². The first kappa shape index (κ1) is 31.5. The number of likely N-dealkylation sites (tertiary alicyclic amines) is 1. The van der Waals surface area contributed by atoms with Crippen LogP contribution >= 0.6 is 0 Å². The van der Waals surface area contributed by atoms with Crippen molar-refractivity contribution in [3.63, 3.8) is 0 Å². The van der Waals surface area contributed by atoms with Crippen molar-refractivity contribution in [2.45, 2.75) is 84.1 Å². The van der Waals surface area contributed by atoms with Gasteiger partial charge in [0.2, 0.25) is 6.41 Å². The summed E-state index contributed by atoms with van der Waals surface area (Å²) in [5, 5.41) is 12.0. The summed E-state index contributed by atoms with van der Waals surface area (Å²) < 4.78 is 0. The molecule has 3 atom stereocenters. The van der Waals surface area contributed by atoms with Crippen molar-refractivity contribution >= 4 is 35.3 Å². The van der Waals surface area contributed by atoms with Crippen LogP contribution in [0, 0.1) is 17.8 Å². The number of hydrogen-bond acceptors (Lipinski definition) is 5. The number of carboxylic acid groups (broad SMARTS) is 1. The molecule has 1 aliphatic carbocycles. The molecule has 4 rings (SSSR count). The summed E-state index contributed by atoms with van der Waals surface area (Å²) >= 11 is 0. The Hall–Kier alpha value is -2.71. The van der Waals surface area contributed by atoms with Crippen LogP contribution in [0.1, 0.15) is 88.5 Å². The molecule has 1 aromatic heterocycles. The lowest BCUT2D eigenvalue weighted by Gasteiger charge is -2.31.